The fourth-order valence-corrected chi connectivity index (χ4v) is 4.33. The third-order valence-corrected chi connectivity index (χ3v) is 5.63. The van der Waals surface area contributed by atoms with E-state index in [1.165, 1.54) is 30.6 Å². The van der Waals surface area contributed by atoms with Crippen molar-refractivity contribution in [2.45, 2.75) is 38.3 Å². The molecule has 5 heteroatoms. The van der Waals surface area contributed by atoms with E-state index in [1.54, 1.807) is 14.2 Å². The zero-order valence-electron chi connectivity index (χ0n) is 14.3. The molecule has 0 aliphatic carbocycles. The summed E-state index contributed by atoms with van der Waals surface area (Å²) in [5.74, 6) is 0.994. The van der Waals surface area contributed by atoms with Crippen molar-refractivity contribution in [1.29, 1.82) is 0 Å². The Hall–Kier alpha value is -1.72. The van der Waals surface area contributed by atoms with Crippen LogP contribution in [-0.2, 0) is 6.54 Å². The third-order valence-electron chi connectivity index (χ3n) is 4.66. The molecule has 2 heterocycles. The van der Waals surface area contributed by atoms with Gasteiger partial charge in [-0.1, -0.05) is 18.9 Å². The minimum atomic E-state index is 0.0643. The van der Waals surface area contributed by atoms with Crippen molar-refractivity contribution in [1.82, 2.24) is 4.90 Å². The molecule has 1 saturated heterocycles. The summed E-state index contributed by atoms with van der Waals surface area (Å²) in [4.78, 5) is 3.99. The van der Waals surface area contributed by atoms with Crippen LogP contribution < -0.4 is 9.47 Å². The number of ether oxygens (including phenoxy) is 2. The van der Waals surface area contributed by atoms with Crippen LogP contribution in [0, 0.1) is 0 Å². The summed E-state index contributed by atoms with van der Waals surface area (Å²) in [6, 6.07) is 8.67. The SMILES string of the molecule is COc1cc(CN2CCCCCC2c2cccs2)cc(OC)c1O. The number of likely N-dealkylation sites (tertiary alicyclic amines) is 1. The minimum Gasteiger partial charge on any atom is -0.502 e. The van der Waals surface area contributed by atoms with Crippen LogP contribution in [-0.4, -0.2) is 30.8 Å². The van der Waals surface area contributed by atoms with Crippen molar-refractivity contribution in [3.05, 3.63) is 40.1 Å². The number of phenols is 1. The Morgan fingerprint density at radius 1 is 1.17 bits per heavy atom. The first-order valence-corrected chi connectivity index (χ1v) is 9.32. The van der Waals surface area contributed by atoms with Gasteiger partial charge in [-0.2, -0.15) is 0 Å². The molecular weight excluding hydrogens is 322 g/mol. The number of rotatable bonds is 5. The number of benzene rings is 1. The van der Waals surface area contributed by atoms with E-state index in [9.17, 15) is 5.11 Å². The molecule has 1 aliphatic heterocycles. The fourth-order valence-electron chi connectivity index (χ4n) is 3.43. The standard InChI is InChI=1S/C19H25NO3S/c1-22-16-11-14(12-17(23-2)19(16)21)13-20-9-5-3-4-7-15(20)18-8-6-10-24-18/h6,8,10-12,15,21H,3-5,7,9,13H2,1-2H3. The van der Waals surface area contributed by atoms with Crippen molar-refractivity contribution in [2.24, 2.45) is 0 Å². The maximum absolute atomic E-state index is 10.1. The highest BCUT2D eigenvalue weighted by molar-refractivity contribution is 7.10. The van der Waals surface area contributed by atoms with E-state index >= 15 is 0 Å². The first kappa shape index (κ1) is 17.1. The van der Waals surface area contributed by atoms with Gasteiger partial charge in [-0.15, -0.1) is 11.3 Å². The molecule has 130 valence electrons. The van der Waals surface area contributed by atoms with Crippen LogP contribution in [0.15, 0.2) is 29.6 Å². The smallest absolute Gasteiger partial charge is 0.200 e. The molecule has 1 aromatic carbocycles. The topological polar surface area (TPSA) is 41.9 Å². The third kappa shape index (κ3) is 3.68. The molecule has 1 atom stereocenters. The highest BCUT2D eigenvalue weighted by atomic mass is 32.1. The highest BCUT2D eigenvalue weighted by Gasteiger charge is 2.24. The molecule has 1 fully saturated rings. The van der Waals surface area contributed by atoms with Crippen LogP contribution in [0.25, 0.3) is 0 Å². The van der Waals surface area contributed by atoms with Crippen molar-refractivity contribution < 1.29 is 14.6 Å². The Kier molecular flexibility index (Phi) is 5.63. The van der Waals surface area contributed by atoms with Crippen LogP contribution in [0.3, 0.4) is 0 Å². The Morgan fingerprint density at radius 2 is 1.92 bits per heavy atom. The zero-order chi connectivity index (χ0) is 16.9. The van der Waals surface area contributed by atoms with Crippen LogP contribution >= 0.6 is 11.3 Å². The number of phenolic OH excluding ortho intramolecular Hbond substituents is 1. The van der Waals surface area contributed by atoms with E-state index in [1.807, 2.05) is 23.5 Å². The van der Waals surface area contributed by atoms with Gasteiger partial charge in [0.25, 0.3) is 0 Å². The lowest BCUT2D eigenvalue weighted by molar-refractivity contribution is 0.194. The number of thiophene rings is 1. The molecule has 3 rings (SSSR count). The van der Waals surface area contributed by atoms with Crippen molar-refractivity contribution >= 4 is 11.3 Å². The molecule has 4 nitrogen and oxygen atoms in total. The molecule has 0 saturated carbocycles. The van der Waals surface area contributed by atoms with Gasteiger partial charge in [0, 0.05) is 17.5 Å². The van der Waals surface area contributed by atoms with Gasteiger partial charge < -0.3 is 14.6 Å². The maximum atomic E-state index is 10.1. The molecule has 0 bridgehead atoms. The Morgan fingerprint density at radius 3 is 2.54 bits per heavy atom. The predicted octanol–water partition coefficient (Wildman–Crippen LogP) is 4.59. The first-order valence-electron chi connectivity index (χ1n) is 8.44. The zero-order valence-corrected chi connectivity index (χ0v) is 15.1. The van der Waals surface area contributed by atoms with Crippen LogP contribution in [0.5, 0.6) is 17.2 Å². The van der Waals surface area contributed by atoms with E-state index < -0.39 is 0 Å². The summed E-state index contributed by atoms with van der Waals surface area (Å²) >= 11 is 1.84. The average molecular weight is 347 g/mol. The molecular formula is C19H25NO3S. The van der Waals surface area contributed by atoms with Crippen molar-refractivity contribution in [3.8, 4) is 17.2 Å². The van der Waals surface area contributed by atoms with Crippen molar-refractivity contribution in [3.63, 3.8) is 0 Å². The fraction of sp³-hybridized carbons (Fsp3) is 0.474. The van der Waals surface area contributed by atoms with E-state index in [2.05, 4.69) is 22.4 Å². The number of aromatic hydroxyl groups is 1. The summed E-state index contributed by atoms with van der Waals surface area (Å²) in [5.41, 5.74) is 1.10. The largest absolute Gasteiger partial charge is 0.502 e. The van der Waals surface area contributed by atoms with Crippen LogP contribution in [0.4, 0.5) is 0 Å². The number of methoxy groups -OCH3 is 2. The van der Waals surface area contributed by atoms with Gasteiger partial charge in [-0.25, -0.2) is 0 Å². The van der Waals surface area contributed by atoms with Gasteiger partial charge in [0.1, 0.15) is 0 Å². The molecule has 1 aromatic heterocycles. The molecule has 0 amide bonds. The number of hydrogen-bond acceptors (Lipinski definition) is 5. The first-order chi connectivity index (χ1) is 11.7. The van der Waals surface area contributed by atoms with Gasteiger partial charge in [0.15, 0.2) is 11.5 Å². The van der Waals surface area contributed by atoms with Gasteiger partial charge >= 0.3 is 0 Å². The average Bonchev–Trinajstić information content (AvgIpc) is 3.03. The van der Waals surface area contributed by atoms with E-state index in [0.29, 0.717) is 17.5 Å². The van der Waals surface area contributed by atoms with E-state index in [4.69, 9.17) is 9.47 Å². The van der Waals surface area contributed by atoms with Gasteiger partial charge in [0.05, 0.1) is 14.2 Å². The molecule has 1 N–H and O–H groups in total. The normalized spacial score (nSPS) is 19.0. The van der Waals surface area contributed by atoms with Crippen LogP contribution in [0.2, 0.25) is 0 Å². The molecule has 1 aliphatic rings. The lowest BCUT2D eigenvalue weighted by Crippen LogP contribution is -2.27. The predicted molar refractivity (Wildman–Crippen MR) is 97.1 cm³/mol. The lowest BCUT2D eigenvalue weighted by atomic mass is 10.1. The number of nitrogens with zero attached hydrogens (tertiary/aromatic N) is 1. The summed E-state index contributed by atoms with van der Waals surface area (Å²) in [5, 5.41) is 12.3. The lowest BCUT2D eigenvalue weighted by Gasteiger charge is -2.29. The number of hydrogen-bond donors (Lipinski definition) is 1. The molecule has 2 aromatic rings. The van der Waals surface area contributed by atoms with Gasteiger partial charge in [-0.05, 0) is 48.5 Å². The summed E-state index contributed by atoms with van der Waals surface area (Å²) in [7, 11) is 3.14. The highest BCUT2D eigenvalue weighted by Crippen LogP contribution is 2.39. The second-order valence-electron chi connectivity index (χ2n) is 6.20. The van der Waals surface area contributed by atoms with Crippen molar-refractivity contribution in [2.75, 3.05) is 20.8 Å². The minimum absolute atomic E-state index is 0.0643. The quantitative estimate of drug-likeness (QED) is 0.859. The van der Waals surface area contributed by atoms with E-state index in [-0.39, 0.29) is 5.75 Å². The summed E-state index contributed by atoms with van der Waals surface area (Å²) in [6.07, 6.45) is 5.00. The summed E-state index contributed by atoms with van der Waals surface area (Å²) in [6.45, 7) is 1.92. The molecule has 1 unspecified atom stereocenters. The second-order valence-corrected chi connectivity index (χ2v) is 7.18. The molecule has 24 heavy (non-hydrogen) atoms. The second kappa shape index (κ2) is 7.90. The van der Waals surface area contributed by atoms with E-state index in [0.717, 1.165) is 18.7 Å². The Labute approximate surface area is 147 Å². The molecule has 0 spiro atoms. The molecule has 0 radical (unpaired) electrons. The monoisotopic (exact) mass is 347 g/mol. The van der Waals surface area contributed by atoms with Crippen LogP contribution in [0.1, 0.15) is 42.2 Å². The van der Waals surface area contributed by atoms with Gasteiger partial charge in [0.2, 0.25) is 5.75 Å². The maximum Gasteiger partial charge on any atom is 0.200 e. The summed E-state index contributed by atoms with van der Waals surface area (Å²) < 4.78 is 10.6. The Bertz CT molecular complexity index is 632. The Balaban J connectivity index is 1.87. The van der Waals surface area contributed by atoms with Gasteiger partial charge in [-0.3, -0.25) is 4.90 Å².